The smallest absolute Gasteiger partial charge is 0.0476 e. The Kier molecular flexibility index (Phi) is 5.49. The van der Waals surface area contributed by atoms with Gasteiger partial charge < -0.3 is 10.1 Å². The predicted octanol–water partition coefficient (Wildman–Crippen LogP) is 2.58. The van der Waals surface area contributed by atoms with Crippen molar-refractivity contribution in [2.24, 2.45) is 5.92 Å². The molecule has 1 aliphatic carbocycles. The molecule has 0 aromatic carbocycles. The molecule has 0 aromatic heterocycles. The number of ether oxygens (including phenoxy) is 1. The second kappa shape index (κ2) is 6.41. The highest BCUT2D eigenvalue weighted by atomic mass is 16.5. The van der Waals surface area contributed by atoms with Crippen molar-refractivity contribution >= 4 is 0 Å². The zero-order valence-corrected chi connectivity index (χ0v) is 9.88. The van der Waals surface area contributed by atoms with Crippen molar-refractivity contribution in [3.05, 3.63) is 0 Å². The zero-order valence-electron chi connectivity index (χ0n) is 9.88. The maximum Gasteiger partial charge on any atom is 0.0476 e. The molecular formula is C12H25NO. The van der Waals surface area contributed by atoms with E-state index >= 15 is 0 Å². The van der Waals surface area contributed by atoms with Gasteiger partial charge in [0.1, 0.15) is 0 Å². The summed E-state index contributed by atoms with van der Waals surface area (Å²) >= 11 is 0. The molecule has 1 saturated carbocycles. The maximum atomic E-state index is 5.08. The minimum atomic E-state index is 0.602. The molecule has 84 valence electrons. The van der Waals surface area contributed by atoms with Gasteiger partial charge in [0.25, 0.3) is 0 Å². The van der Waals surface area contributed by atoms with E-state index in [-0.39, 0.29) is 0 Å². The van der Waals surface area contributed by atoms with Crippen molar-refractivity contribution in [2.75, 3.05) is 13.7 Å². The van der Waals surface area contributed by atoms with Crippen LogP contribution in [0, 0.1) is 5.92 Å². The molecule has 1 fully saturated rings. The Morgan fingerprint density at radius 1 is 1.43 bits per heavy atom. The summed E-state index contributed by atoms with van der Waals surface area (Å²) in [4.78, 5) is 0. The first kappa shape index (κ1) is 12.0. The van der Waals surface area contributed by atoms with Gasteiger partial charge in [-0.2, -0.15) is 0 Å². The van der Waals surface area contributed by atoms with E-state index in [9.17, 15) is 0 Å². The van der Waals surface area contributed by atoms with Crippen molar-refractivity contribution < 1.29 is 4.74 Å². The lowest BCUT2D eigenvalue weighted by Gasteiger charge is -2.30. The molecule has 3 atom stereocenters. The third-order valence-electron chi connectivity index (χ3n) is 3.21. The highest BCUT2D eigenvalue weighted by Gasteiger charge is 2.19. The Balaban J connectivity index is 2.15. The van der Waals surface area contributed by atoms with Gasteiger partial charge in [-0.15, -0.1) is 0 Å². The summed E-state index contributed by atoms with van der Waals surface area (Å²) in [6, 6.07) is 1.36. The van der Waals surface area contributed by atoms with E-state index in [0.29, 0.717) is 6.04 Å². The number of rotatable bonds is 5. The van der Waals surface area contributed by atoms with Gasteiger partial charge >= 0.3 is 0 Å². The molecule has 3 unspecified atom stereocenters. The fourth-order valence-corrected chi connectivity index (χ4v) is 2.37. The van der Waals surface area contributed by atoms with Crippen LogP contribution in [0.4, 0.5) is 0 Å². The van der Waals surface area contributed by atoms with E-state index in [4.69, 9.17) is 4.74 Å². The number of methoxy groups -OCH3 is 1. The van der Waals surface area contributed by atoms with Gasteiger partial charge in [0.15, 0.2) is 0 Å². The largest absolute Gasteiger partial charge is 0.385 e. The molecule has 1 N–H and O–H groups in total. The molecule has 2 nitrogen and oxygen atoms in total. The molecule has 0 aromatic rings. The third kappa shape index (κ3) is 4.43. The minimum absolute atomic E-state index is 0.602. The van der Waals surface area contributed by atoms with Crippen molar-refractivity contribution in [2.45, 2.75) is 58.0 Å². The molecule has 2 heteroatoms. The van der Waals surface area contributed by atoms with E-state index in [0.717, 1.165) is 25.0 Å². The lowest BCUT2D eigenvalue weighted by molar-refractivity contribution is 0.178. The normalized spacial score (nSPS) is 30.2. The van der Waals surface area contributed by atoms with E-state index in [2.05, 4.69) is 19.2 Å². The Morgan fingerprint density at radius 3 is 2.86 bits per heavy atom. The monoisotopic (exact) mass is 199 g/mol. The van der Waals surface area contributed by atoms with Crippen molar-refractivity contribution in [1.29, 1.82) is 0 Å². The van der Waals surface area contributed by atoms with Crippen LogP contribution in [0.1, 0.15) is 46.0 Å². The average molecular weight is 199 g/mol. The van der Waals surface area contributed by atoms with Gasteiger partial charge in [-0.05, 0) is 32.1 Å². The molecular weight excluding hydrogens is 174 g/mol. The average Bonchev–Trinajstić information content (AvgIpc) is 2.15. The molecule has 0 radical (unpaired) electrons. The van der Waals surface area contributed by atoms with Crippen LogP contribution in [0.3, 0.4) is 0 Å². The van der Waals surface area contributed by atoms with Crippen LogP contribution >= 0.6 is 0 Å². The first-order valence-corrected chi connectivity index (χ1v) is 5.97. The first-order valence-electron chi connectivity index (χ1n) is 5.97. The van der Waals surface area contributed by atoms with Crippen LogP contribution < -0.4 is 5.32 Å². The Bertz CT molecular complexity index is 149. The zero-order chi connectivity index (χ0) is 10.4. The SMILES string of the molecule is COCCC(C)NC1CCCC(C)C1. The molecule has 0 aliphatic heterocycles. The topological polar surface area (TPSA) is 21.3 Å². The maximum absolute atomic E-state index is 5.08. The fourth-order valence-electron chi connectivity index (χ4n) is 2.37. The summed E-state index contributed by atoms with van der Waals surface area (Å²) in [6.07, 6.45) is 6.67. The van der Waals surface area contributed by atoms with Crippen LogP contribution in [-0.4, -0.2) is 25.8 Å². The molecule has 14 heavy (non-hydrogen) atoms. The lowest BCUT2D eigenvalue weighted by Crippen LogP contribution is -2.39. The minimum Gasteiger partial charge on any atom is -0.385 e. The highest BCUT2D eigenvalue weighted by Crippen LogP contribution is 2.23. The van der Waals surface area contributed by atoms with Crippen molar-refractivity contribution in [1.82, 2.24) is 5.32 Å². The van der Waals surface area contributed by atoms with E-state index in [1.165, 1.54) is 25.7 Å². The second-order valence-corrected chi connectivity index (χ2v) is 4.82. The van der Waals surface area contributed by atoms with Gasteiger partial charge in [-0.1, -0.05) is 19.8 Å². The van der Waals surface area contributed by atoms with Crippen LogP contribution in [0.2, 0.25) is 0 Å². The number of hydrogen-bond acceptors (Lipinski definition) is 2. The Morgan fingerprint density at radius 2 is 2.21 bits per heavy atom. The molecule has 0 bridgehead atoms. The van der Waals surface area contributed by atoms with E-state index in [1.54, 1.807) is 7.11 Å². The number of hydrogen-bond donors (Lipinski definition) is 1. The Labute approximate surface area is 88.4 Å². The van der Waals surface area contributed by atoms with Gasteiger partial charge in [-0.25, -0.2) is 0 Å². The van der Waals surface area contributed by atoms with Gasteiger partial charge in [-0.3, -0.25) is 0 Å². The summed E-state index contributed by atoms with van der Waals surface area (Å²) in [7, 11) is 1.77. The van der Waals surface area contributed by atoms with Crippen LogP contribution in [0.5, 0.6) is 0 Å². The van der Waals surface area contributed by atoms with Crippen LogP contribution in [0.25, 0.3) is 0 Å². The summed E-state index contributed by atoms with van der Waals surface area (Å²) in [5, 5.41) is 3.70. The van der Waals surface area contributed by atoms with Gasteiger partial charge in [0.05, 0.1) is 0 Å². The quantitative estimate of drug-likeness (QED) is 0.735. The molecule has 0 saturated heterocycles. The molecule has 0 spiro atoms. The second-order valence-electron chi connectivity index (χ2n) is 4.82. The molecule has 1 aliphatic rings. The number of nitrogens with one attached hydrogen (secondary N) is 1. The van der Waals surface area contributed by atoms with Crippen LogP contribution in [-0.2, 0) is 4.74 Å². The van der Waals surface area contributed by atoms with Crippen LogP contribution in [0.15, 0.2) is 0 Å². The fraction of sp³-hybridized carbons (Fsp3) is 1.00. The summed E-state index contributed by atoms with van der Waals surface area (Å²) in [5.41, 5.74) is 0. The van der Waals surface area contributed by atoms with Crippen molar-refractivity contribution in [3.8, 4) is 0 Å². The molecule has 0 heterocycles. The Hall–Kier alpha value is -0.0800. The van der Waals surface area contributed by atoms with E-state index in [1.807, 2.05) is 0 Å². The van der Waals surface area contributed by atoms with Gasteiger partial charge in [0.2, 0.25) is 0 Å². The lowest BCUT2D eigenvalue weighted by atomic mass is 9.87. The summed E-state index contributed by atoms with van der Waals surface area (Å²) in [6.45, 7) is 5.50. The van der Waals surface area contributed by atoms with Crippen molar-refractivity contribution in [3.63, 3.8) is 0 Å². The third-order valence-corrected chi connectivity index (χ3v) is 3.21. The highest BCUT2D eigenvalue weighted by molar-refractivity contribution is 4.78. The molecule has 0 amide bonds. The first-order chi connectivity index (χ1) is 6.72. The predicted molar refractivity (Wildman–Crippen MR) is 60.5 cm³/mol. The molecule has 1 rings (SSSR count). The van der Waals surface area contributed by atoms with Gasteiger partial charge in [0, 0.05) is 25.8 Å². The van der Waals surface area contributed by atoms with E-state index < -0.39 is 0 Å². The summed E-state index contributed by atoms with van der Waals surface area (Å²) in [5.74, 6) is 0.913. The standard InChI is InChI=1S/C12H25NO/c1-10-5-4-6-12(9-10)13-11(2)7-8-14-3/h10-13H,4-9H2,1-3H3. The summed E-state index contributed by atoms with van der Waals surface area (Å²) < 4.78 is 5.08.